The standard InChI is InChI=1S/C15H10FN3OS2/c1-20-10-3-2-4-11-13(10)18-15(21-11)19-14-17-9-6-5-8(16)7-12(9)22-14/h2-7H,1H3,(H,17,18,19). The summed E-state index contributed by atoms with van der Waals surface area (Å²) in [5, 5.41) is 4.62. The zero-order valence-corrected chi connectivity index (χ0v) is 13.1. The van der Waals surface area contributed by atoms with E-state index in [9.17, 15) is 4.39 Å². The molecule has 0 radical (unpaired) electrons. The fourth-order valence-corrected chi connectivity index (χ4v) is 4.02. The molecular formula is C15H10FN3OS2. The predicted molar refractivity (Wildman–Crippen MR) is 89.0 cm³/mol. The maximum absolute atomic E-state index is 13.2. The predicted octanol–water partition coefficient (Wildman–Crippen LogP) is 4.80. The van der Waals surface area contributed by atoms with E-state index in [1.165, 1.54) is 34.8 Å². The minimum absolute atomic E-state index is 0.257. The van der Waals surface area contributed by atoms with Gasteiger partial charge in [-0.25, -0.2) is 14.4 Å². The highest BCUT2D eigenvalue weighted by molar-refractivity contribution is 7.24. The summed E-state index contributed by atoms with van der Waals surface area (Å²) in [6.07, 6.45) is 0. The van der Waals surface area contributed by atoms with Gasteiger partial charge in [0, 0.05) is 0 Å². The molecule has 0 aliphatic heterocycles. The number of fused-ring (bicyclic) bond motifs is 2. The fourth-order valence-electron chi connectivity index (χ4n) is 2.18. The van der Waals surface area contributed by atoms with E-state index in [0.29, 0.717) is 5.13 Å². The van der Waals surface area contributed by atoms with Gasteiger partial charge >= 0.3 is 0 Å². The first-order valence-electron chi connectivity index (χ1n) is 6.49. The van der Waals surface area contributed by atoms with Gasteiger partial charge < -0.3 is 10.1 Å². The van der Waals surface area contributed by atoms with Crippen LogP contribution in [-0.4, -0.2) is 17.1 Å². The maximum atomic E-state index is 13.2. The Kier molecular flexibility index (Phi) is 3.16. The molecule has 4 nitrogen and oxygen atoms in total. The third-order valence-electron chi connectivity index (χ3n) is 3.17. The molecule has 0 saturated heterocycles. The number of anilines is 2. The molecule has 0 amide bonds. The minimum atomic E-state index is -0.257. The molecule has 0 unspecified atom stereocenters. The monoisotopic (exact) mass is 331 g/mol. The van der Waals surface area contributed by atoms with Crippen LogP contribution in [0.4, 0.5) is 14.7 Å². The van der Waals surface area contributed by atoms with Crippen molar-refractivity contribution in [2.45, 2.75) is 0 Å². The van der Waals surface area contributed by atoms with Gasteiger partial charge in [0.15, 0.2) is 10.3 Å². The van der Waals surface area contributed by atoms with Crippen molar-refractivity contribution >= 4 is 53.4 Å². The molecule has 2 heterocycles. The highest BCUT2D eigenvalue weighted by Gasteiger charge is 2.11. The number of hydrogen-bond donors (Lipinski definition) is 1. The average Bonchev–Trinajstić information content (AvgIpc) is 3.09. The zero-order chi connectivity index (χ0) is 15.1. The van der Waals surface area contributed by atoms with E-state index < -0.39 is 0 Å². The molecule has 1 N–H and O–H groups in total. The second-order valence-corrected chi connectivity index (χ2v) is 6.64. The van der Waals surface area contributed by atoms with Crippen molar-refractivity contribution in [2.24, 2.45) is 0 Å². The van der Waals surface area contributed by atoms with Gasteiger partial charge in [-0.2, -0.15) is 0 Å². The summed E-state index contributed by atoms with van der Waals surface area (Å²) in [4.78, 5) is 8.98. The Morgan fingerprint density at radius 1 is 1.05 bits per heavy atom. The molecule has 0 bridgehead atoms. The van der Waals surface area contributed by atoms with Crippen LogP contribution in [0.15, 0.2) is 36.4 Å². The molecule has 0 spiro atoms. The van der Waals surface area contributed by atoms with E-state index in [1.54, 1.807) is 13.2 Å². The fraction of sp³-hybridized carbons (Fsp3) is 0.0667. The largest absolute Gasteiger partial charge is 0.494 e. The summed E-state index contributed by atoms with van der Waals surface area (Å²) in [7, 11) is 1.63. The van der Waals surface area contributed by atoms with Crippen LogP contribution in [0.1, 0.15) is 0 Å². The highest BCUT2D eigenvalue weighted by atomic mass is 32.1. The molecule has 0 aliphatic rings. The number of hydrogen-bond acceptors (Lipinski definition) is 6. The Hall–Kier alpha value is -2.25. The lowest BCUT2D eigenvalue weighted by Gasteiger charge is -1.98. The van der Waals surface area contributed by atoms with Gasteiger partial charge in [0.1, 0.15) is 17.1 Å². The van der Waals surface area contributed by atoms with Crippen molar-refractivity contribution < 1.29 is 9.13 Å². The molecule has 4 rings (SSSR count). The second-order valence-electron chi connectivity index (χ2n) is 4.58. The lowest BCUT2D eigenvalue weighted by Crippen LogP contribution is -1.88. The van der Waals surface area contributed by atoms with E-state index >= 15 is 0 Å². The number of aromatic nitrogens is 2. The number of halogens is 1. The normalized spacial score (nSPS) is 11.2. The SMILES string of the molecule is COc1cccc2sc(Nc3nc4ccc(F)cc4s3)nc12. The number of thiazole rings is 2. The first kappa shape index (κ1) is 13.4. The van der Waals surface area contributed by atoms with E-state index in [2.05, 4.69) is 15.3 Å². The summed E-state index contributed by atoms with van der Waals surface area (Å²) in [6.45, 7) is 0. The first-order valence-corrected chi connectivity index (χ1v) is 8.13. The molecular weight excluding hydrogens is 321 g/mol. The Morgan fingerprint density at radius 3 is 2.73 bits per heavy atom. The Balaban J connectivity index is 1.72. The summed E-state index contributed by atoms with van der Waals surface area (Å²) in [5.41, 5.74) is 1.59. The summed E-state index contributed by atoms with van der Waals surface area (Å²) in [6, 6.07) is 10.4. The molecule has 2 aromatic heterocycles. The van der Waals surface area contributed by atoms with Gasteiger partial charge in [0.05, 0.1) is 22.0 Å². The van der Waals surface area contributed by atoms with Gasteiger partial charge in [0.2, 0.25) is 0 Å². The van der Waals surface area contributed by atoms with Gasteiger partial charge in [-0.3, -0.25) is 0 Å². The Morgan fingerprint density at radius 2 is 1.86 bits per heavy atom. The molecule has 0 saturated carbocycles. The van der Waals surface area contributed by atoms with Crippen molar-refractivity contribution in [3.05, 3.63) is 42.2 Å². The lowest BCUT2D eigenvalue weighted by molar-refractivity contribution is 0.419. The van der Waals surface area contributed by atoms with Crippen molar-refractivity contribution in [3.8, 4) is 5.75 Å². The van der Waals surface area contributed by atoms with Gasteiger partial charge in [-0.05, 0) is 30.3 Å². The summed E-state index contributed by atoms with van der Waals surface area (Å²) in [5.74, 6) is 0.487. The van der Waals surface area contributed by atoms with Crippen LogP contribution in [0.25, 0.3) is 20.4 Å². The number of ether oxygens (including phenoxy) is 1. The smallest absolute Gasteiger partial charge is 0.190 e. The molecule has 0 fully saturated rings. The number of para-hydroxylation sites is 1. The van der Waals surface area contributed by atoms with Crippen molar-refractivity contribution in [3.63, 3.8) is 0 Å². The van der Waals surface area contributed by atoms with Crippen molar-refractivity contribution in [1.29, 1.82) is 0 Å². The van der Waals surface area contributed by atoms with E-state index in [1.807, 2.05) is 18.2 Å². The van der Waals surface area contributed by atoms with Gasteiger partial charge in [-0.1, -0.05) is 28.7 Å². The lowest BCUT2D eigenvalue weighted by atomic mass is 10.3. The van der Waals surface area contributed by atoms with E-state index in [4.69, 9.17) is 4.74 Å². The van der Waals surface area contributed by atoms with Gasteiger partial charge in [-0.15, -0.1) is 0 Å². The maximum Gasteiger partial charge on any atom is 0.190 e. The highest BCUT2D eigenvalue weighted by Crippen LogP contribution is 2.35. The molecule has 4 aromatic rings. The molecule has 22 heavy (non-hydrogen) atoms. The Labute approximate surface area is 133 Å². The topological polar surface area (TPSA) is 47.0 Å². The number of nitrogens with zero attached hydrogens (tertiary/aromatic N) is 2. The van der Waals surface area contributed by atoms with Crippen LogP contribution >= 0.6 is 22.7 Å². The van der Waals surface area contributed by atoms with E-state index in [-0.39, 0.29) is 5.82 Å². The second kappa shape index (κ2) is 5.19. The number of rotatable bonds is 3. The van der Waals surface area contributed by atoms with Crippen LogP contribution in [0.5, 0.6) is 5.75 Å². The molecule has 7 heteroatoms. The molecule has 110 valence electrons. The van der Waals surface area contributed by atoms with Crippen molar-refractivity contribution in [2.75, 3.05) is 12.4 Å². The van der Waals surface area contributed by atoms with Gasteiger partial charge in [0.25, 0.3) is 0 Å². The van der Waals surface area contributed by atoms with E-state index in [0.717, 1.165) is 31.3 Å². The van der Waals surface area contributed by atoms with Crippen LogP contribution in [0.2, 0.25) is 0 Å². The van der Waals surface area contributed by atoms with Crippen LogP contribution in [0, 0.1) is 5.82 Å². The first-order chi connectivity index (χ1) is 10.7. The average molecular weight is 331 g/mol. The Bertz CT molecular complexity index is 979. The summed E-state index contributed by atoms with van der Waals surface area (Å²) < 4.78 is 20.4. The van der Waals surface area contributed by atoms with Crippen LogP contribution in [0.3, 0.4) is 0 Å². The zero-order valence-electron chi connectivity index (χ0n) is 11.5. The number of methoxy groups -OCH3 is 1. The molecule has 0 aliphatic carbocycles. The van der Waals surface area contributed by atoms with Crippen LogP contribution < -0.4 is 10.1 Å². The quantitative estimate of drug-likeness (QED) is 0.586. The third-order valence-corrected chi connectivity index (χ3v) is 5.04. The summed E-state index contributed by atoms with van der Waals surface area (Å²) >= 11 is 2.92. The number of nitrogens with one attached hydrogen (secondary N) is 1. The number of benzene rings is 2. The van der Waals surface area contributed by atoms with Crippen LogP contribution in [-0.2, 0) is 0 Å². The molecule has 0 atom stereocenters. The molecule has 2 aromatic carbocycles. The third kappa shape index (κ3) is 2.28. The van der Waals surface area contributed by atoms with Crippen molar-refractivity contribution in [1.82, 2.24) is 9.97 Å². The minimum Gasteiger partial charge on any atom is -0.494 e.